The molecule has 144 valence electrons. The second-order valence-corrected chi connectivity index (χ2v) is 10.2. The molecule has 4 aliphatic rings. The zero-order chi connectivity index (χ0) is 18.7. The van der Waals surface area contributed by atoms with E-state index < -0.39 is 5.60 Å². The van der Waals surface area contributed by atoms with Crippen molar-refractivity contribution >= 4 is 5.78 Å². The van der Waals surface area contributed by atoms with Gasteiger partial charge in [-0.1, -0.05) is 32.6 Å². The van der Waals surface area contributed by atoms with E-state index in [-0.39, 0.29) is 17.4 Å². The van der Waals surface area contributed by atoms with Crippen molar-refractivity contribution in [3.8, 4) is 11.8 Å². The molecular formula is C23H34O3. The number of hydrogen-bond acceptors (Lipinski definition) is 3. The molecule has 0 saturated heterocycles. The van der Waals surface area contributed by atoms with Crippen LogP contribution in [0.5, 0.6) is 0 Å². The van der Waals surface area contributed by atoms with Crippen LogP contribution in [-0.2, 0) is 4.79 Å². The van der Waals surface area contributed by atoms with Gasteiger partial charge in [-0.05, 0) is 73.5 Å². The lowest BCUT2D eigenvalue weighted by molar-refractivity contribution is -0.160. The first-order valence-corrected chi connectivity index (χ1v) is 10.6. The first-order chi connectivity index (χ1) is 12.3. The Balaban J connectivity index is 1.66. The van der Waals surface area contributed by atoms with Crippen LogP contribution in [-0.4, -0.2) is 28.2 Å². The van der Waals surface area contributed by atoms with Crippen LogP contribution in [0.25, 0.3) is 0 Å². The van der Waals surface area contributed by atoms with Crippen LogP contribution in [0.1, 0.15) is 72.1 Å². The Morgan fingerprint density at radius 3 is 2.54 bits per heavy atom. The van der Waals surface area contributed by atoms with Crippen molar-refractivity contribution in [3.63, 3.8) is 0 Å². The first-order valence-electron chi connectivity index (χ1n) is 10.6. The molecule has 0 spiro atoms. The molecule has 0 amide bonds. The molecule has 3 heteroatoms. The second kappa shape index (κ2) is 6.08. The van der Waals surface area contributed by atoms with Gasteiger partial charge in [0.05, 0.1) is 0 Å². The van der Waals surface area contributed by atoms with Crippen LogP contribution >= 0.6 is 0 Å². The van der Waals surface area contributed by atoms with Crippen LogP contribution in [0.2, 0.25) is 0 Å². The van der Waals surface area contributed by atoms with Crippen LogP contribution in [0.4, 0.5) is 0 Å². The van der Waals surface area contributed by atoms with E-state index in [1.807, 2.05) is 0 Å². The van der Waals surface area contributed by atoms with Gasteiger partial charge in [0.15, 0.2) is 0 Å². The molecule has 4 saturated carbocycles. The Morgan fingerprint density at radius 2 is 1.81 bits per heavy atom. The summed E-state index contributed by atoms with van der Waals surface area (Å²) in [6, 6.07) is 0. The number of carbonyl (C=O) groups excluding carboxylic acids is 1. The summed E-state index contributed by atoms with van der Waals surface area (Å²) in [5.74, 6) is 9.11. The largest absolute Gasteiger partial charge is 0.384 e. The average Bonchev–Trinajstić information content (AvgIpc) is 2.86. The van der Waals surface area contributed by atoms with Crippen LogP contribution in [0.3, 0.4) is 0 Å². The molecule has 0 heterocycles. The van der Waals surface area contributed by atoms with Gasteiger partial charge in [0, 0.05) is 18.3 Å². The van der Waals surface area contributed by atoms with E-state index in [1.54, 1.807) is 0 Å². The zero-order valence-electron chi connectivity index (χ0n) is 16.6. The summed E-state index contributed by atoms with van der Waals surface area (Å²) in [5.41, 5.74) is -0.833. The number of carbonyl (C=O) groups is 1. The monoisotopic (exact) mass is 358 g/mol. The van der Waals surface area contributed by atoms with Crippen molar-refractivity contribution in [2.75, 3.05) is 6.61 Å². The molecule has 0 aromatic carbocycles. The minimum Gasteiger partial charge on any atom is -0.384 e. The Labute approximate surface area is 157 Å². The minimum atomic E-state index is -0.947. The maximum Gasteiger partial charge on any atom is 0.133 e. The molecule has 0 aromatic rings. The molecule has 0 aliphatic heterocycles. The van der Waals surface area contributed by atoms with Crippen molar-refractivity contribution in [1.29, 1.82) is 0 Å². The summed E-state index contributed by atoms with van der Waals surface area (Å²) in [6.45, 7) is 6.84. The smallest absolute Gasteiger partial charge is 0.133 e. The summed E-state index contributed by atoms with van der Waals surface area (Å²) in [6.07, 6.45) is 7.85. The van der Waals surface area contributed by atoms with E-state index in [0.29, 0.717) is 35.4 Å². The maximum absolute atomic E-state index is 12.2. The van der Waals surface area contributed by atoms with E-state index in [4.69, 9.17) is 5.11 Å². The number of rotatable bonds is 0. The van der Waals surface area contributed by atoms with Gasteiger partial charge in [-0.25, -0.2) is 0 Å². The highest BCUT2D eigenvalue weighted by Gasteiger charge is 2.65. The predicted octanol–water partition coefficient (Wildman–Crippen LogP) is 3.57. The topological polar surface area (TPSA) is 57.5 Å². The molecule has 8 atom stereocenters. The van der Waals surface area contributed by atoms with Crippen LogP contribution < -0.4 is 0 Å². The van der Waals surface area contributed by atoms with Gasteiger partial charge in [0.2, 0.25) is 0 Å². The molecule has 0 aromatic heterocycles. The highest BCUT2D eigenvalue weighted by atomic mass is 16.3. The van der Waals surface area contributed by atoms with Crippen molar-refractivity contribution in [2.45, 2.75) is 77.7 Å². The third-order valence-corrected chi connectivity index (χ3v) is 9.56. The fourth-order valence-corrected chi connectivity index (χ4v) is 7.89. The lowest BCUT2D eigenvalue weighted by Gasteiger charge is -2.62. The molecule has 2 N–H and O–H groups in total. The standard InChI is InChI=1S/C23H34O3/c1-15-13-17(25)14-16-5-6-18-19-8-11-23(26,9-4-12-24)21(19,2)10-7-20(18)22(15,16)3/h15-16,18-20,24,26H,5-8,10-14H2,1-3H3/t15-,16-,18-,19-,20-,21-,22-,23+/m0/s1. The lowest BCUT2D eigenvalue weighted by atomic mass is 9.42. The molecule has 0 bridgehead atoms. The normalized spacial score (nSPS) is 53.1. The van der Waals surface area contributed by atoms with Crippen molar-refractivity contribution in [3.05, 3.63) is 0 Å². The first kappa shape index (κ1) is 18.5. The molecule has 4 fully saturated rings. The average molecular weight is 359 g/mol. The van der Waals surface area contributed by atoms with Gasteiger partial charge in [-0.15, -0.1) is 0 Å². The fourth-order valence-electron chi connectivity index (χ4n) is 7.89. The highest BCUT2D eigenvalue weighted by Crippen LogP contribution is 2.68. The summed E-state index contributed by atoms with van der Waals surface area (Å²) < 4.78 is 0. The third-order valence-electron chi connectivity index (χ3n) is 9.56. The maximum atomic E-state index is 12.2. The highest BCUT2D eigenvalue weighted by molar-refractivity contribution is 5.80. The number of Topliss-reactive ketones (excluding diaryl/α,β-unsaturated/α-hetero) is 1. The van der Waals surface area contributed by atoms with Gasteiger partial charge in [-0.3, -0.25) is 4.79 Å². The Morgan fingerprint density at radius 1 is 1.08 bits per heavy atom. The minimum absolute atomic E-state index is 0.159. The molecular weight excluding hydrogens is 324 g/mol. The van der Waals surface area contributed by atoms with E-state index in [0.717, 1.165) is 38.5 Å². The Kier molecular flexibility index (Phi) is 4.33. The van der Waals surface area contributed by atoms with Gasteiger partial charge >= 0.3 is 0 Å². The molecule has 0 radical (unpaired) electrons. The molecule has 4 aliphatic carbocycles. The number of ketones is 1. The molecule has 3 nitrogen and oxygen atoms in total. The molecule has 4 rings (SSSR count). The summed E-state index contributed by atoms with van der Waals surface area (Å²) in [5, 5.41) is 20.4. The third kappa shape index (κ3) is 2.31. The van der Waals surface area contributed by atoms with E-state index in [2.05, 4.69) is 32.6 Å². The van der Waals surface area contributed by atoms with Gasteiger partial charge in [0.25, 0.3) is 0 Å². The van der Waals surface area contributed by atoms with Gasteiger partial charge < -0.3 is 10.2 Å². The van der Waals surface area contributed by atoms with Gasteiger partial charge in [-0.2, -0.15) is 0 Å². The molecule has 0 unspecified atom stereocenters. The number of hydrogen-bond donors (Lipinski definition) is 2. The quantitative estimate of drug-likeness (QED) is 0.651. The number of aliphatic hydroxyl groups is 2. The summed E-state index contributed by atoms with van der Waals surface area (Å²) in [7, 11) is 0. The Bertz CT molecular complexity index is 660. The van der Waals surface area contributed by atoms with Crippen LogP contribution in [0.15, 0.2) is 0 Å². The fraction of sp³-hybridized carbons (Fsp3) is 0.870. The van der Waals surface area contributed by atoms with Crippen molar-refractivity contribution < 1.29 is 15.0 Å². The van der Waals surface area contributed by atoms with E-state index in [1.165, 1.54) is 12.8 Å². The summed E-state index contributed by atoms with van der Waals surface area (Å²) >= 11 is 0. The van der Waals surface area contributed by atoms with Crippen LogP contribution in [0, 0.1) is 52.3 Å². The molecule has 26 heavy (non-hydrogen) atoms. The SMILES string of the molecule is C[C@H]1CC(=O)C[C@@H]2CC[C@@H]3[C@H](CC[C@@]4(C)[C@H]3CC[C@]4(O)C#CCO)[C@]21C. The second-order valence-electron chi connectivity index (χ2n) is 10.2. The summed E-state index contributed by atoms with van der Waals surface area (Å²) in [4.78, 5) is 12.2. The Hall–Kier alpha value is -0.850. The van der Waals surface area contributed by atoms with Gasteiger partial charge in [0.1, 0.15) is 18.0 Å². The van der Waals surface area contributed by atoms with Crippen molar-refractivity contribution in [1.82, 2.24) is 0 Å². The number of aliphatic hydroxyl groups excluding tert-OH is 1. The van der Waals surface area contributed by atoms with Crippen molar-refractivity contribution in [2.24, 2.45) is 40.4 Å². The lowest BCUT2D eigenvalue weighted by Crippen LogP contribution is -2.58. The van der Waals surface area contributed by atoms with E-state index >= 15 is 0 Å². The van der Waals surface area contributed by atoms with E-state index in [9.17, 15) is 9.90 Å². The predicted molar refractivity (Wildman–Crippen MR) is 101 cm³/mol. The number of fused-ring (bicyclic) bond motifs is 5. The zero-order valence-corrected chi connectivity index (χ0v) is 16.6.